The van der Waals surface area contributed by atoms with E-state index in [-0.39, 0.29) is 11.5 Å². The van der Waals surface area contributed by atoms with Crippen LogP contribution in [0.4, 0.5) is 0 Å². The van der Waals surface area contributed by atoms with E-state index in [9.17, 15) is 14.7 Å². The number of carbonyl (C=O) groups excluding carboxylic acids is 1. The second-order valence-electron chi connectivity index (χ2n) is 6.18. The third kappa shape index (κ3) is 5.08. The van der Waals surface area contributed by atoms with E-state index in [1.807, 2.05) is 13.8 Å². The van der Waals surface area contributed by atoms with Crippen molar-refractivity contribution in [3.8, 4) is 0 Å². The van der Waals surface area contributed by atoms with Gasteiger partial charge in [-0.15, -0.1) is 0 Å². The quantitative estimate of drug-likeness (QED) is 0.844. The SMILES string of the molecule is [2H]c1c([2H])c([2H])c(C[C@]([2H])(NC(=O)C2CCC(C([2H])(C)C)CC2)C(=O)O)c([2H])c1[2H]. The van der Waals surface area contributed by atoms with Crippen LogP contribution in [0.5, 0.6) is 0 Å². The molecule has 1 atom stereocenters. The Kier molecular flexibility index (Phi) is 3.58. The first-order valence-corrected chi connectivity index (χ1v) is 7.80. The number of carboxylic acids is 1. The second kappa shape index (κ2) is 8.14. The van der Waals surface area contributed by atoms with Gasteiger partial charge in [0.05, 0.1) is 8.22 Å². The zero-order chi connectivity index (χ0) is 23.0. The number of carboxylic acid groups (broad SMARTS) is 1. The van der Waals surface area contributed by atoms with Crippen molar-refractivity contribution in [2.75, 3.05) is 0 Å². The Bertz CT molecular complexity index is 819. The van der Waals surface area contributed by atoms with Crippen LogP contribution in [-0.2, 0) is 16.0 Å². The van der Waals surface area contributed by atoms with Crippen LogP contribution in [0.3, 0.4) is 0 Å². The van der Waals surface area contributed by atoms with Gasteiger partial charge < -0.3 is 10.4 Å². The molecule has 1 aromatic carbocycles. The van der Waals surface area contributed by atoms with E-state index in [0.717, 1.165) is 0 Å². The summed E-state index contributed by atoms with van der Waals surface area (Å²) in [6.07, 6.45) is 1.48. The number of aliphatic carboxylic acids is 1. The van der Waals surface area contributed by atoms with Gasteiger partial charge in [0.1, 0.15) is 6.02 Å². The van der Waals surface area contributed by atoms with Crippen LogP contribution in [0.1, 0.15) is 54.7 Å². The van der Waals surface area contributed by atoms with Gasteiger partial charge in [-0.05, 0) is 43.1 Å². The molecule has 4 heteroatoms. The molecule has 1 aliphatic carbocycles. The molecule has 4 nitrogen and oxygen atoms in total. The maximum atomic E-state index is 12.7. The molecule has 0 bridgehead atoms. The van der Waals surface area contributed by atoms with Crippen LogP contribution in [0.2, 0.25) is 0 Å². The zero-order valence-corrected chi connectivity index (χ0v) is 13.5. The highest BCUT2D eigenvalue weighted by atomic mass is 16.4. The van der Waals surface area contributed by atoms with Crippen molar-refractivity contribution in [3.05, 3.63) is 35.8 Å². The molecule has 2 rings (SSSR count). The lowest BCUT2D eigenvalue weighted by Crippen LogP contribution is -2.45. The van der Waals surface area contributed by atoms with Crippen molar-refractivity contribution < 1.29 is 24.3 Å². The van der Waals surface area contributed by atoms with Gasteiger partial charge in [0.25, 0.3) is 0 Å². The van der Waals surface area contributed by atoms with Crippen LogP contribution in [0.15, 0.2) is 30.2 Å². The number of nitrogens with one attached hydrogen (secondary N) is 1. The van der Waals surface area contributed by atoms with Crippen LogP contribution >= 0.6 is 0 Å². The highest BCUT2D eigenvalue weighted by Crippen LogP contribution is 2.33. The molecule has 1 fully saturated rings. The highest BCUT2D eigenvalue weighted by molar-refractivity contribution is 5.85. The van der Waals surface area contributed by atoms with Crippen molar-refractivity contribution >= 4 is 11.9 Å². The average molecular weight is 324 g/mol. The fourth-order valence-corrected chi connectivity index (χ4v) is 2.90. The Hall–Kier alpha value is -1.84. The molecule has 0 radical (unpaired) electrons. The molecule has 126 valence electrons. The monoisotopic (exact) mass is 324 g/mol. The summed E-state index contributed by atoms with van der Waals surface area (Å²) in [4.78, 5) is 24.5. The second-order valence-corrected chi connectivity index (χ2v) is 6.18. The summed E-state index contributed by atoms with van der Waals surface area (Å²) in [5, 5.41) is 11.8. The van der Waals surface area contributed by atoms with Crippen LogP contribution in [0, 0.1) is 17.7 Å². The first kappa shape index (κ1) is 10.1. The van der Waals surface area contributed by atoms with Gasteiger partial charge in [0.15, 0.2) is 0 Å². The molecule has 0 saturated heterocycles. The standard InChI is InChI=1S/C19H27NO3/c1-13(2)15-8-10-16(11-9-15)18(21)20-17(19(22)23)12-14-6-4-3-5-7-14/h3-7,13,15-17H,8-12H2,1-2H3,(H,20,21)(H,22,23)/t15?,16?,17-/m0/s1/i3D,4D,5D,6D,7D,13D,17D. The van der Waals surface area contributed by atoms with Crippen molar-refractivity contribution in [2.45, 2.75) is 52.0 Å². The summed E-state index contributed by atoms with van der Waals surface area (Å²) in [5.41, 5.74) is -0.335. The average Bonchev–Trinajstić information content (AvgIpc) is 2.67. The summed E-state index contributed by atoms with van der Waals surface area (Å²) < 4.78 is 55.3. The normalized spacial score (nSPS) is 28.7. The van der Waals surface area contributed by atoms with Crippen LogP contribution in [0.25, 0.3) is 0 Å². The van der Waals surface area contributed by atoms with Gasteiger partial charge in [-0.1, -0.05) is 44.1 Å². The smallest absolute Gasteiger partial charge is 0.326 e. The van der Waals surface area contributed by atoms with Gasteiger partial charge in [-0.2, -0.15) is 0 Å². The van der Waals surface area contributed by atoms with Crippen molar-refractivity contribution in [1.82, 2.24) is 5.32 Å². The van der Waals surface area contributed by atoms with Crippen LogP contribution < -0.4 is 5.32 Å². The number of hydrogen-bond acceptors (Lipinski definition) is 2. The summed E-state index contributed by atoms with van der Waals surface area (Å²) in [6, 6.07) is -5.62. The predicted octanol–water partition coefficient (Wildman–Crippen LogP) is 3.26. The predicted molar refractivity (Wildman–Crippen MR) is 90.0 cm³/mol. The zero-order valence-electron chi connectivity index (χ0n) is 20.5. The minimum atomic E-state index is -2.57. The first-order valence-electron chi connectivity index (χ1n) is 11.3. The number of carbonyl (C=O) groups is 2. The molecule has 1 amide bonds. The fraction of sp³-hybridized carbons (Fsp3) is 0.579. The molecule has 0 unspecified atom stereocenters. The maximum absolute atomic E-state index is 12.7. The lowest BCUT2D eigenvalue weighted by atomic mass is 9.76. The molecule has 1 saturated carbocycles. The summed E-state index contributed by atoms with van der Waals surface area (Å²) in [7, 11) is 0. The summed E-state index contributed by atoms with van der Waals surface area (Å²) in [5.74, 6) is -3.27. The number of hydrogen-bond donors (Lipinski definition) is 2. The molecular formula is C19H27NO3. The molecule has 0 aromatic heterocycles. The molecule has 23 heavy (non-hydrogen) atoms. The van der Waals surface area contributed by atoms with E-state index in [1.54, 1.807) is 0 Å². The topological polar surface area (TPSA) is 66.4 Å². The third-order valence-electron chi connectivity index (χ3n) is 4.35. The summed E-state index contributed by atoms with van der Waals surface area (Å²) in [6.45, 7) is 3.63. The Balaban J connectivity index is 2.22. The molecular weight excluding hydrogens is 290 g/mol. The van der Waals surface area contributed by atoms with Gasteiger partial charge in [0.2, 0.25) is 5.91 Å². The number of amides is 1. The highest BCUT2D eigenvalue weighted by Gasteiger charge is 2.30. The lowest BCUT2D eigenvalue weighted by molar-refractivity contribution is -0.142. The van der Waals surface area contributed by atoms with Gasteiger partial charge >= 0.3 is 5.97 Å². The fourth-order valence-electron chi connectivity index (χ4n) is 2.90. The molecule has 1 aromatic rings. The molecule has 2 N–H and O–H groups in total. The molecule has 0 heterocycles. The van der Waals surface area contributed by atoms with E-state index in [4.69, 9.17) is 9.60 Å². The third-order valence-corrected chi connectivity index (χ3v) is 4.35. The maximum Gasteiger partial charge on any atom is 0.326 e. The molecule has 0 spiro atoms. The van der Waals surface area contributed by atoms with Gasteiger partial charge in [-0.3, -0.25) is 4.79 Å². The number of rotatable bonds is 6. The van der Waals surface area contributed by atoms with Crippen molar-refractivity contribution in [3.63, 3.8) is 0 Å². The Labute approximate surface area is 148 Å². The van der Waals surface area contributed by atoms with Crippen molar-refractivity contribution in [2.24, 2.45) is 17.7 Å². The van der Waals surface area contributed by atoms with E-state index in [2.05, 4.69) is 5.32 Å². The van der Waals surface area contributed by atoms with E-state index >= 15 is 0 Å². The Morgan fingerprint density at radius 1 is 1.26 bits per heavy atom. The minimum absolute atomic E-state index is 0.132. The van der Waals surface area contributed by atoms with Crippen LogP contribution in [-0.4, -0.2) is 23.0 Å². The minimum Gasteiger partial charge on any atom is -0.480 e. The lowest BCUT2D eigenvalue weighted by Gasteiger charge is -2.30. The summed E-state index contributed by atoms with van der Waals surface area (Å²) >= 11 is 0. The molecule has 1 aliphatic rings. The first-order chi connectivity index (χ1) is 13.7. The van der Waals surface area contributed by atoms with E-state index in [1.165, 1.54) is 0 Å². The van der Waals surface area contributed by atoms with E-state index < -0.39 is 66.3 Å². The number of benzene rings is 1. The Morgan fingerprint density at radius 3 is 2.39 bits per heavy atom. The Morgan fingerprint density at radius 2 is 1.87 bits per heavy atom. The van der Waals surface area contributed by atoms with Crippen molar-refractivity contribution in [1.29, 1.82) is 0 Å². The largest absolute Gasteiger partial charge is 0.480 e. The van der Waals surface area contributed by atoms with Gasteiger partial charge in [0, 0.05) is 13.7 Å². The van der Waals surface area contributed by atoms with Gasteiger partial charge in [-0.25, -0.2) is 4.79 Å². The molecule has 0 aliphatic heterocycles. The van der Waals surface area contributed by atoms with E-state index in [0.29, 0.717) is 25.7 Å².